The van der Waals surface area contributed by atoms with Gasteiger partial charge in [-0.15, -0.1) is 11.8 Å². The largest absolute Gasteiger partial charge is 0.467 e. The van der Waals surface area contributed by atoms with E-state index in [0.717, 1.165) is 4.90 Å². The first-order valence-electron chi connectivity index (χ1n) is 9.85. The van der Waals surface area contributed by atoms with Gasteiger partial charge in [0.2, 0.25) is 11.8 Å². The summed E-state index contributed by atoms with van der Waals surface area (Å²) in [5.74, 6) is -0.615. The number of piperidine rings is 1. The van der Waals surface area contributed by atoms with Gasteiger partial charge in [0.25, 0.3) is 0 Å². The molecule has 31 heavy (non-hydrogen) atoms. The molecule has 0 aromatic heterocycles. The van der Waals surface area contributed by atoms with E-state index in [1.165, 1.54) is 24.9 Å². The van der Waals surface area contributed by atoms with Gasteiger partial charge < -0.3 is 20.1 Å². The van der Waals surface area contributed by atoms with Crippen LogP contribution in [0.4, 0.5) is 0 Å². The van der Waals surface area contributed by atoms with Crippen LogP contribution in [0.5, 0.6) is 0 Å². The van der Waals surface area contributed by atoms with Crippen LogP contribution in [0, 0.1) is 5.92 Å². The summed E-state index contributed by atoms with van der Waals surface area (Å²) in [7, 11) is 1.27. The Morgan fingerprint density at radius 3 is 2.58 bits per heavy atom. The van der Waals surface area contributed by atoms with Crippen molar-refractivity contribution in [3.05, 3.63) is 33.8 Å². The summed E-state index contributed by atoms with van der Waals surface area (Å²) in [6.45, 7) is 2.50. The quantitative estimate of drug-likeness (QED) is 0.331. The third-order valence-electron chi connectivity index (χ3n) is 4.92. The minimum atomic E-state index is -0.704. The third kappa shape index (κ3) is 7.14. The zero-order valence-corrected chi connectivity index (χ0v) is 19.7. The van der Waals surface area contributed by atoms with Gasteiger partial charge in [0.15, 0.2) is 0 Å². The molecule has 1 aliphatic heterocycles. The number of esters is 1. The molecule has 2 N–H and O–H groups in total. The number of methoxy groups -OCH3 is 1. The van der Waals surface area contributed by atoms with E-state index in [0.29, 0.717) is 47.3 Å². The highest BCUT2D eigenvalue weighted by atomic mass is 35.5. The molecule has 2 rings (SSSR count). The van der Waals surface area contributed by atoms with E-state index in [9.17, 15) is 14.4 Å². The normalized spacial score (nSPS) is 15.7. The molecule has 1 saturated heterocycles. The minimum absolute atomic E-state index is 0.0391. The van der Waals surface area contributed by atoms with Gasteiger partial charge in [-0.05, 0) is 37.5 Å². The maximum absolute atomic E-state index is 12.5. The van der Waals surface area contributed by atoms with Crippen molar-refractivity contribution < 1.29 is 24.2 Å². The molecule has 0 radical (unpaired) electrons. The first-order chi connectivity index (χ1) is 14.8. The van der Waals surface area contributed by atoms with E-state index in [-0.39, 0.29) is 24.3 Å². The number of thioether (sulfide) groups is 1. The number of halogens is 2. The van der Waals surface area contributed by atoms with Crippen LogP contribution < -0.4 is 5.32 Å². The second kappa shape index (κ2) is 12.3. The highest BCUT2D eigenvalue weighted by molar-refractivity contribution is 7.99. The van der Waals surface area contributed by atoms with E-state index in [1.807, 2.05) is 0 Å². The number of hydrogen-bond donors (Lipinski definition) is 2. The summed E-state index contributed by atoms with van der Waals surface area (Å²) in [5, 5.41) is 12.3. The fourth-order valence-corrected chi connectivity index (χ4v) is 4.46. The average Bonchev–Trinajstić information content (AvgIpc) is 2.78. The summed E-state index contributed by atoms with van der Waals surface area (Å²) in [4.78, 5) is 38.7. The van der Waals surface area contributed by atoms with Gasteiger partial charge in [0.1, 0.15) is 6.04 Å². The molecule has 170 valence electrons. The Morgan fingerprint density at radius 1 is 1.29 bits per heavy atom. The number of aliphatic hydroxyl groups excluding tert-OH is 1. The van der Waals surface area contributed by atoms with Crippen molar-refractivity contribution in [2.75, 3.05) is 32.6 Å². The Bertz CT molecular complexity index is 841. The van der Waals surface area contributed by atoms with Gasteiger partial charge >= 0.3 is 5.97 Å². The molecule has 0 saturated carbocycles. The number of benzene rings is 1. The van der Waals surface area contributed by atoms with Crippen LogP contribution >= 0.6 is 35.0 Å². The zero-order chi connectivity index (χ0) is 23.0. The molecule has 1 fully saturated rings. The van der Waals surface area contributed by atoms with Crippen LogP contribution in [0.1, 0.15) is 25.3 Å². The summed E-state index contributed by atoms with van der Waals surface area (Å²) in [5.41, 5.74) is 0.624. The van der Waals surface area contributed by atoms with Crippen LogP contribution in [-0.2, 0) is 19.1 Å². The number of hydrogen-bond acceptors (Lipinski definition) is 6. The lowest BCUT2D eigenvalue weighted by atomic mass is 9.95. The Morgan fingerprint density at radius 2 is 1.97 bits per heavy atom. The fourth-order valence-electron chi connectivity index (χ4n) is 3.14. The molecule has 2 amide bonds. The van der Waals surface area contributed by atoms with Crippen molar-refractivity contribution in [2.24, 2.45) is 5.92 Å². The van der Waals surface area contributed by atoms with E-state index in [2.05, 4.69) is 10.1 Å². The van der Waals surface area contributed by atoms with E-state index >= 15 is 0 Å². The summed E-state index contributed by atoms with van der Waals surface area (Å²) in [6.07, 6.45) is 4.09. The Labute approximate surface area is 196 Å². The minimum Gasteiger partial charge on any atom is -0.467 e. The number of likely N-dealkylation sites (tertiary alicyclic amines) is 1. The van der Waals surface area contributed by atoms with Gasteiger partial charge in [-0.2, -0.15) is 0 Å². The SMILES string of the molecule is COC(=O)C(C)NC(=O)C1CCN(C(=O)/C=C/c2ccc(SCCO)c(Cl)c2Cl)CC1. The molecule has 1 aromatic rings. The second-order valence-electron chi connectivity index (χ2n) is 7.04. The maximum Gasteiger partial charge on any atom is 0.328 e. The molecule has 0 spiro atoms. The number of nitrogens with one attached hydrogen (secondary N) is 1. The lowest BCUT2D eigenvalue weighted by molar-refractivity contribution is -0.145. The van der Waals surface area contributed by atoms with Crippen LogP contribution in [0.3, 0.4) is 0 Å². The van der Waals surface area contributed by atoms with Gasteiger partial charge in [0, 0.05) is 35.7 Å². The van der Waals surface area contributed by atoms with Crippen LogP contribution in [0.2, 0.25) is 10.0 Å². The standard InChI is InChI=1S/C21H26Cl2N2O5S/c1-13(21(29)30-2)24-20(28)15-7-9-25(10-8-15)17(27)6-4-14-3-5-16(31-12-11-26)19(23)18(14)22/h3-6,13,15,26H,7-12H2,1-2H3,(H,24,28)/b6-4+. The number of amides is 2. The van der Waals surface area contributed by atoms with Crippen LogP contribution in [-0.4, -0.2) is 66.4 Å². The topological polar surface area (TPSA) is 95.9 Å². The van der Waals surface area contributed by atoms with Gasteiger partial charge in [-0.3, -0.25) is 9.59 Å². The summed E-state index contributed by atoms with van der Waals surface area (Å²) < 4.78 is 4.61. The zero-order valence-electron chi connectivity index (χ0n) is 17.4. The molecule has 1 atom stereocenters. The van der Waals surface area contributed by atoms with Crippen LogP contribution in [0.15, 0.2) is 23.1 Å². The van der Waals surface area contributed by atoms with Crippen molar-refractivity contribution >= 4 is 58.8 Å². The highest BCUT2D eigenvalue weighted by Crippen LogP contribution is 2.36. The molecule has 0 bridgehead atoms. The smallest absolute Gasteiger partial charge is 0.328 e. The maximum atomic E-state index is 12.5. The van der Waals surface area contributed by atoms with Crippen molar-refractivity contribution in [2.45, 2.75) is 30.7 Å². The predicted molar refractivity (Wildman–Crippen MR) is 122 cm³/mol. The van der Waals surface area contributed by atoms with Crippen molar-refractivity contribution in [3.8, 4) is 0 Å². The molecule has 1 aliphatic rings. The number of carbonyl (C=O) groups is 3. The van der Waals surface area contributed by atoms with Gasteiger partial charge in [-0.25, -0.2) is 4.79 Å². The van der Waals surface area contributed by atoms with E-state index in [4.69, 9.17) is 28.3 Å². The molecule has 10 heteroatoms. The summed E-state index contributed by atoms with van der Waals surface area (Å²) in [6, 6.07) is 2.87. The molecular weight excluding hydrogens is 463 g/mol. The van der Waals surface area contributed by atoms with Crippen molar-refractivity contribution in [1.29, 1.82) is 0 Å². The lowest BCUT2D eigenvalue weighted by Crippen LogP contribution is -2.46. The number of nitrogens with zero attached hydrogens (tertiary/aromatic N) is 1. The molecule has 1 aromatic carbocycles. The number of ether oxygens (including phenoxy) is 1. The van der Waals surface area contributed by atoms with Crippen molar-refractivity contribution in [1.82, 2.24) is 10.2 Å². The molecular formula is C21H26Cl2N2O5S. The second-order valence-corrected chi connectivity index (χ2v) is 8.93. The molecule has 1 heterocycles. The van der Waals surface area contributed by atoms with Crippen LogP contribution in [0.25, 0.3) is 6.08 Å². The van der Waals surface area contributed by atoms with Gasteiger partial charge in [0.05, 0.1) is 23.8 Å². The Hall–Kier alpha value is -1.74. The van der Waals surface area contributed by atoms with E-state index < -0.39 is 12.0 Å². The van der Waals surface area contributed by atoms with E-state index in [1.54, 1.807) is 30.0 Å². The third-order valence-corrected chi connectivity index (χ3v) is 6.97. The van der Waals surface area contributed by atoms with Gasteiger partial charge in [-0.1, -0.05) is 29.3 Å². The Kier molecular flexibility index (Phi) is 10.2. The predicted octanol–water partition coefficient (Wildman–Crippen LogP) is 3.01. The monoisotopic (exact) mass is 488 g/mol. The number of aliphatic hydroxyl groups is 1. The number of carbonyl (C=O) groups excluding carboxylic acids is 3. The fraction of sp³-hybridized carbons (Fsp3) is 0.476. The highest BCUT2D eigenvalue weighted by Gasteiger charge is 2.28. The lowest BCUT2D eigenvalue weighted by Gasteiger charge is -2.31. The average molecular weight is 489 g/mol. The molecule has 0 aliphatic carbocycles. The first kappa shape index (κ1) is 25.5. The molecule has 7 nitrogen and oxygen atoms in total. The van der Waals surface area contributed by atoms with Crippen molar-refractivity contribution in [3.63, 3.8) is 0 Å². The first-order valence-corrected chi connectivity index (χ1v) is 11.6. The summed E-state index contributed by atoms with van der Waals surface area (Å²) >= 11 is 14.0. The molecule has 1 unspecified atom stereocenters. The Balaban J connectivity index is 1.90. The number of rotatable bonds is 8.